The van der Waals surface area contributed by atoms with E-state index in [2.05, 4.69) is 5.43 Å². The molecule has 3 nitrogen and oxygen atoms in total. The first-order chi connectivity index (χ1) is 9.61. The zero-order valence-electron chi connectivity index (χ0n) is 11.8. The largest absolute Gasteiger partial charge is 0.377 e. The number of nitrogens with one attached hydrogen (secondary N) is 1. The smallest absolute Gasteiger partial charge is 0.0847 e. The van der Waals surface area contributed by atoms with Crippen LogP contribution in [-0.2, 0) is 11.2 Å². The lowest BCUT2D eigenvalue weighted by Gasteiger charge is -2.42. The standard InChI is InChI=1S/C15H22Cl2N2O/c1-20-15(7-3-2-4-8-15)14(19-18)10-11-5-6-12(16)13(17)9-11/h5-6,9,14,19H,2-4,7-8,10,18H2,1H3. The van der Waals surface area contributed by atoms with Gasteiger partial charge in [-0.2, -0.15) is 0 Å². The molecule has 1 aliphatic rings. The molecule has 1 saturated carbocycles. The number of ether oxygens (including phenoxy) is 1. The van der Waals surface area contributed by atoms with E-state index >= 15 is 0 Å². The molecule has 0 heterocycles. The van der Waals surface area contributed by atoms with Gasteiger partial charge in [-0.3, -0.25) is 11.3 Å². The maximum absolute atomic E-state index is 6.08. The molecule has 0 aliphatic heterocycles. The van der Waals surface area contributed by atoms with E-state index in [1.54, 1.807) is 7.11 Å². The van der Waals surface area contributed by atoms with Crippen LogP contribution in [0, 0.1) is 0 Å². The first kappa shape index (κ1) is 16.1. The van der Waals surface area contributed by atoms with E-state index in [9.17, 15) is 0 Å². The molecule has 0 saturated heterocycles. The molecule has 3 N–H and O–H groups in total. The van der Waals surface area contributed by atoms with Gasteiger partial charge in [0.15, 0.2) is 0 Å². The Labute approximate surface area is 130 Å². The molecule has 1 aliphatic carbocycles. The predicted octanol–water partition coefficient (Wildman–Crippen LogP) is 3.72. The molecular weight excluding hydrogens is 295 g/mol. The second-order valence-corrected chi connectivity index (χ2v) is 6.32. The van der Waals surface area contributed by atoms with Crippen molar-refractivity contribution in [1.82, 2.24) is 5.43 Å². The van der Waals surface area contributed by atoms with E-state index in [1.165, 1.54) is 19.3 Å². The summed E-state index contributed by atoms with van der Waals surface area (Å²) in [5.74, 6) is 5.79. The predicted molar refractivity (Wildman–Crippen MR) is 84.1 cm³/mol. The Morgan fingerprint density at radius 2 is 1.95 bits per heavy atom. The Kier molecular flexibility index (Phi) is 5.70. The minimum absolute atomic E-state index is 0.0741. The summed E-state index contributed by atoms with van der Waals surface area (Å²) in [7, 11) is 1.78. The summed E-state index contributed by atoms with van der Waals surface area (Å²) in [6.07, 6.45) is 6.51. The highest BCUT2D eigenvalue weighted by atomic mass is 35.5. The molecule has 5 heteroatoms. The molecule has 0 radical (unpaired) electrons. The van der Waals surface area contributed by atoms with Crippen molar-refractivity contribution in [1.29, 1.82) is 0 Å². The molecule has 1 aromatic rings. The van der Waals surface area contributed by atoms with Crippen LogP contribution in [0.1, 0.15) is 37.7 Å². The third-order valence-electron chi connectivity index (χ3n) is 4.37. The molecule has 2 rings (SSSR count). The van der Waals surface area contributed by atoms with Gasteiger partial charge in [-0.15, -0.1) is 0 Å². The van der Waals surface area contributed by atoms with Crippen molar-refractivity contribution in [2.45, 2.75) is 50.2 Å². The van der Waals surface area contributed by atoms with Gasteiger partial charge in [0.05, 0.1) is 21.7 Å². The number of rotatable bonds is 5. The SMILES string of the molecule is COC1(C(Cc2ccc(Cl)c(Cl)c2)NN)CCCCC1. The van der Waals surface area contributed by atoms with Crippen LogP contribution in [-0.4, -0.2) is 18.8 Å². The first-order valence-electron chi connectivity index (χ1n) is 7.06. The molecule has 20 heavy (non-hydrogen) atoms. The summed E-state index contributed by atoms with van der Waals surface area (Å²) in [4.78, 5) is 0. The van der Waals surface area contributed by atoms with E-state index in [0.29, 0.717) is 10.0 Å². The summed E-state index contributed by atoms with van der Waals surface area (Å²) in [6, 6.07) is 5.79. The van der Waals surface area contributed by atoms with Crippen LogP contribution < -0.4 is 11.3 Å². The van der Waals surface area contributed by atoms with Crippen molar-refractivity contribution < 1.29 is 4.74 Å². The normalized spacial score (nSPS) is 19.8. The van der Waals surface area contributed by atoms with E-state index in [1.807, 2.05) is 18.2 Å². The van der Waals surface area contributed by atoms with Gasteiger partial charge in [0.2, 0.25) is 0 Å². The Morgan fingerprint density at radius 3 is 2.50 bits per heavy atom. The number of hydrogen-bond acceptors (Lipinski definition) is 3. The zero-order valence-corrected chi connectivity index (χ0v) is 13.3. The summed E-state index contributed by atoms with van der Waals surface area (Å²) >= 11 is 12.0. The van der Waals surface area contributed by atoms with Crippen molar-refractivity contribution >= 4 is 23.2 Å². The number of hydrazine groups is 1. The Bertz CT molecular complexity index is 447. The van der Waals surface area contributed by atoms with E-state index in [-0.39, 0.29) is 11.6 Å². The average Bonchev–Trinajstić information content (AvgIpc) is 2.49. The number of methoxy groups -OCH3 is 1. The van der Waals surface area contributed by atoms with Gasteiger partial charge in [0.1, 0.15) is 0 Å². The van der Waals surface area contributed by atoms with Gasteiger partial charge < -0.3 is 4.74 Å². The topological polar surface area (TPSA) is 47.3 Å². The summed E-state index contributed by atoms with van der Waals surface area (Å²) in [5.41, 5.74) is 3.88. The quantitative estimate of drug-likeness (QED) is 0.643. The minimum atomic E-state index is -0.181. The Hall–Kier alpha value is -0.320. The van der Waals surface area contributed by atoms with Crippen molar-refractivity contribution in [2.24, 2.45) is 5.84 Å². The molecular formula is C15H22Cl2N2O. The van der Waals surface area contributed by atoms with Crippen molar-refractivity contribution in [3.05, 3.63) is 33.8 Å². The molecule has 0 aromatic heterocycles. The number of nitrogens with two attached hydrogens (primary N) is 1. The fourth-order valence-corrected chi connectivity index (χ4v) is 3.46. The van der Waals surface area contributed by atoms with Gasteiger partial charge in [-0.25, -0.2) is 0 Å². The van der Waals surface area contributed by atoms with Crippen LogP contribution in [0.15, 0.2) is 18.2 Å². The Balaban J connectivity index is 2.16. The van der Waals surface area contributed by atoms with E-state index in [0.717, 1.165) is 24.8 Å². The van der Waals surface area contributed by atoms with Gasteiger partial charge in [0.25, 0.3) is 0 Å². The number of hydrogen-bond donors (Lipinski definition) is 2. The number of halogens is 2. The fraction of sp³-hybridized carbons (Fsp3) is 0.600. The molecule has 1 atom stereocenters. The van der Waals surface area contributed by atoms with Gasteiger partial charge in [0, 0.05) is 7.11 Å². The number of benzene rings is 1. The van der Waals surface area contributed by atoms with E-state index in [4.69, 9.17) is 33.8 Å². The highest BCUT2D eigenvalue weighted by Crippen LogP contribution is 2.35. The lowest BCUT2D eigenvalue weighted by molar-refractivity contribution is -0.0673. The molecule has 1 fully saturated rings. The molecule has 0 spiro atoms. The second kappa shape index (κ2) is 7.10. The van der Waals surface area contributed by atoms with Crippen LogP contribution in [0.2, 0.25) is 10.0 Å². The van der Waals surface area contributed by atoms with Crippen molar-refractivity contribution in [3.63, 3.8) is 0 Å². The second-order valence-electron chi connectivity index (χ2n) is 5.50. The van der Waals surface area contributed by atoms with Gasteiger partial charge in [-0.05, 0) is 37.0 Å². The average molecular weight is 317 g/mol. The molecule has 1 unspecified atom stereocenters. The lowest BCUT2D eigenvalue weighted by Crippen LogP contribution is -2.56. The van der Waals surface area contributed by atoms with Crippen molar-refractivity contribution in [3.8, 4) is 0 Å². The fourth-order valence-electron chi connectivity index (χ4n) is 3.14. The third kappa shape index (κ3) is 3.46. The monoisotopic (exact) mass is 316 g/mol. The van der Waals surface area contributed by atoms with Crippen LogP contribution in [0.25, 0.3) is 0 Å². The maximum atomic E-state index is 6.08. The summed E-state index contributed by atoms with van der Waals surface area (Å²) < 4.78 is 5.86. The van der Waals surface area contributed by atoms with Crippen LogP contribution in [0.4, 0.5) is 0 Å². The molecule has 0 amide bonds. The van der Waals surface area contributed by atoms with Gasteiger partial charge in [-0.1, -0.05) is 48.5 Å². The Morgan fingerprint density at radius 1 is 1.25 bits per heavy atom. The highest BCUT2D eigenvalue weighted by Gasteiger charge is 2.39. The van der Waals surface area contributed by atoms with Gasteiger partial charge >= 0.3 is 0 Å². The maximum Gasteiger partial charge on any atom is 0.0847 e. The van der Waals surface area contributed by atoms with Crippen LogP contribution in [0.3, 0.4) is 0 Å². The van der Waals surface area contributed by atoms with E-state index < -0.39 is 0 Å². The highest BCUT2D eigenvalue weighted by molar-refractivity contribution is 6.42. The first-order valence-corrected chi connectivity index (χ1v) is 7.82. The zero-order chi connectivity index (χ0) is 14.6. The third-order valence-corrected chi connectivity index (χ3v) is 5.11. The lowest BCUT2D eigenvalue weighted by atomic mass is 9.77. The minimum Gasteiger partial charge on any atom is -0.377 e. The molecule has 0 bridgehead atoms. The summed E-state index contributed by atoms with van der Waals surface area (Å²) in [6.45, 7) is 0. The van der Waals surface area contributed by atoms with Crippen LogP contribution >= 0.6 is 23.2 Å². The van der Waals surface area contributed by atoms with Crippen molar-refractivity contribution in [2.75, 3.05) is 7.11 Å². The van der Waals surface area contributed by atoms with Crippen LogP contribution in [0.5, 0.6) is 0 Å². The molecule has 1 aromatic carbocycles. The summed E-state index contributed by atoms with van der Waals surface area (Å²) in [5, 5.41) is 1.15. The molecule has 112 valence electrons.